The molecular formula is C15H26N2O. The predicted octanol–water partition coefficient (Wildman–Crippen LogP) is 3.90. The smallest absolute Gasteiger partial charge is 0.150 e. The molecule has 1 N–H and O–H groups in total. The van der Waals surface area contributed by atoms with Crippen molar-refractivity contribution in [2.24, 2.45) is 5.92 Å². The molecule has 1 fully saturated rings. The van der Waals surface area contributed by atoms with Gasteiger partial charge in [0.05, 0.1) is 12.7 Å². The van der Waals surface area contributed by atoms with Crippen LogP contribution in [-0.4, -0.2) is 11.2 Å². The molecule has 3 heteroatoms. The second-order valence-corrected chi connectivity index (χ2v) is 5.51. The van der Waals surface area contributed by atoms with E-state index in [1.54, 1.807) is 6.20 Å². The van der Waals surface area contributed by atoms with E-state index in [1.165, 1.54) is 51.4 Å². The zero-order valence-electron chi connectivity index (χ0n) is 11.5. The molecule has 102 valence electrons. The summed E-state index contributed by atoms with van der Waals surface area (Å²) in [6, 6.07) is 2.63. The number of hydrogen-bond acceptors (Lipinski definition) is 3. The normalized spacial score (nSPS) is 23.6. The Morgan fingerprint density at radius 3 is 3.06 bits per heavy atom. The van der Waals surface area contributed by atoms with Gasteiger partial charge in [-0.1, -0.05) is 44.2 Å². The van der Waals surface area contributed by atoms with E-state index in [4.69, 9.17) is 4.52 Å². The van der Waals surface area contributed by atoms with Crippen molar-refractivity contribution in [3.8, 4) is 0 Å². The minimum atomic E-state index is 0.691. The lowest BCUT2D eigenvalue weighted by molar-refractivity contribution is 0.329. The summed E-state index contributed by atoms with van der Waals surface area (Å²) in [6.45, 7) is 3.10. The molecule has 1 heterocycles. The van der Waals surface area contributed by atoms with E-state index < -0.39 is 0 Å². The fourth-order valence-corrected chi connectivity index (χ4v) is 3.05. The first-order chi connectivity index (χ1) is 8.90. The van der Waals surface area contributed by atoms with E-state index >= 15 is 0 Å². The maximum atomic E-state index is 5.13. The third-order valence-electron chi connectivity index (χ3n) is 4.12. The van der Waals surface area contributed by atoms with E-state index in [-0.39, 0.29) is 0 Å². The van der Waals surface area contributed by atoms with Crippen molar-refractivity contribution < 1.29 is 4.52 Å². The van der Waals surface area contributed by atoms with Crippen LogP contribution in [0, 0.1) is 5.92 Å². The van der Waals surface area contributed by atoms with Gasteiger partial charge in [-0.2, -0.15) is 0 Å². The summed E-state index contributed by atoms with van der Waals surface area (Å²) in [5.41, 5.74) is 0. The van der Waals surface area contributed by atoms with Crippen LogP contribution < -0.4 is 5.32 Å². The highest BCUT2D eigenvalue weighted by molar-refractivity contribution is 4.94. The summed E-state index contributed by atoms with van der Waals surface area (Å²) in [4.78, 5) is 0. The molecule has 0 aromatic carbocycles. The van der Waals surface area contributed by atoms with Crippen LogP contribution in [0.4, 0.5) is 0 Å². The van der Waals surface area contributed by atoms with Crippen molar-refractivity contribution in [3.63, 3.8) is 0 Å². The number of unbranched alkanes of at least 4 members (excludes halogenated alkanes) is 3. The van der Waals surface area contributed by atoms with Crippen LogP contribution in [0.25, 0.3) is 0 Å². The Bertz CT molecular complexity index is 310. The molecule has 1 aliphatic carbocycles. The summed E-state index contributed by atoms with van der Waals surface area (Å²) in [5.74, 6) is 1.83. The number of hydrogen-bond donors (Lipinski definition) is 1. The first-order valence-corrected chi connectivity index (χ1v) is 7.53. The Labute approximate surface area is 110 Å². The van der Waals surface area contributed by atoms with Crippen molar-refractivity contribution in [1.82, 2.24) is 10.5 Å². The molecule has 0 saturated heterocycles. The molecule has 1 aromatic heterocycles. The minimum absolute atomic E-state index is 0.691. The average molecular weight is 250 g/mol. The van der Waals surface area contributed by atoms with Gasteiger partial charge in [0.2, 0.25) is 0 Å². The molecule has 0 amide bonds. The zero-order valence-corrected chi connectivity index (χ0v) is 11.5. The molecule has 0 bridgehead atoms. The van der Waals surface area contributed by atoms with Crippen molar-refractivity contribution >= 4 is 0 Å². The second kappa shape index (κ2) is 7.57. The maximum Gasteiger partial charge on any atom is 0.150 e. The van der Waals surface area contributed by atoms with Crippen molar-refractivity contribution in [3.05, 3.63) is 18.0 Å². The Morgan fingerprint density at radius 2 is 2.28 bits per heavy atom. The topological polar surface area (TPSA) is 38.1 Å². The molecule has 0 radical (unpaired) electrons. The second-order valence-electron chi connectivity index (χ2n) is 5.51. The average Bonchev–Trinajstić information content (AvgIpc) is 3.03. The summed E-state index contributed by atoms with van der Waals surface area (Å²) in [5, 5.41) is 7.38. The number of nitrogens with zero attached hydrogens (tertiary/aromatic N) is 1. The van der Waals surface area contributed by atoms with Gasteiger partial charge in [-0.05, 0) is 25.2 Å². The van der Waals surface area contributed by atoms with E-state index in [9.17, 15) is 0 Å². The van der Waals surface area contributed by atoms with Crippen molar-refractivity contribution in [1.29, 1.82) is 0 Å². The monoisotopic (exact) mass is 250 g/mol. The van der Waals surface area contributed by atoms with Crippen LogP contribution in [0.2, 0.25) is 0 Å². The van der Waals surface area contributed by atoms with Crippen LogP contribution >= 0.6 is 0 Å². The fraction of sp³-hybridized carbons (Fsp3) is 0.800. The lowest BCUT2D eigenvalue weighted by atomic mass is 9.96. The molecule has 18 heavy (non-hydrogen) atoms. The van der Waals surface area contributed by atoms with Crippen LogP contribution in [0.5, 0.6) is 0 Å². The van der Waals surface area contributed by atoms with Gasteiger partial charge in [-0.3, -0.25) is 0 Å². The van der Waals surface area contributed by atoms with Crippen molar-refractivity contribution in [2.75, 3.05) is 0 Å². The minimum Gasteiger partial charge on any atom is -0.360 e. The lowest BCUT2D eigenvalue weighted by Gasteiger charge is -2.20. The van der Waals surface area contributed by atoms with Gasteiger partial charge in [0.25, 0.3) is 0 Å². The number of aromatic nitrogens is 1. The van der Waals surface area contributed by atoms with Crippen LogP contribution in [0.15, 0.2) is 16.8 Å². The van der Waals surface area contributed by atoms with Gasteiger partial charge >= 0.3 is 0 Å². The van der Waals surface area contributed by atoms with E-state index in [2.05, 4.69) is 17.4 Å². The SMILES string of the molecule is CCCCCC[C@H]1CCC[C@H]1NCc1ccno1. The molecule has 3 nitrogen and oxygen atoms in total. The number of nitrogens with one attached hydrogen (secondary N) is 1. The standard InChI is InChI=1S/C15H26N2O/c1-2-3-4-5-7-13-8-6-9-15(13)16-12-14-10-11-17-18-14/h10-11,13,15-16H,2-9,12H2,1H3/t13-,15+/m0/s1. The quantitative estimate of drug-likeness (QED) is 0.711. The molecule has 1 saturated carbocycles. The predicted molar refractivity (Wildman–Crippen MR) is 73.2 cm³/mol. The molecule has 0 aliphatic heterocycles. The van der Waals surface area contributed by atoms with Gasteiger partial charge in [0, 0.05) is 12.1 Å². The molecule has 0 unspecified atom stereocenters. The third kappa shape index (κ3) is 4.13. The molecular weight excluding hydrogens is 224 g/mol. The highest BCUT2D eigenvalue weighted by Crippen LogP contribution is 2.30. The van der Waals surface area contributed by atoms with Gasteiger partial charge in [0.1, 0.15) is 5.76 Å². The van der Waals surface area contributed by atoms with Gasteiger partial charge < -0.3 is 9.84 Å². The third-order valence-corrected chi connectivity index (χ3v) is 4.12. The summed E-state index contributed by atoms with van der Waals surface area (Å²) < 4.78 is 5.13. The molecule has 2 rings (SSSR count). The van der Waals surface area contributed by atoms with Crippen LogP contribution in [-0.2, 0) is 6.54 Å². The van der Waals surface area contributed by atoms with E-state index in [0.717, 1.165) is 18.2 Å². The molecule has 1 aromatic rings. The maximum absolute atomic E-state index is 5.13. The molecule has 2 atom stereocenters. The molecule has 1 aliphatic rings. The highest BCUT2D eigenvalue weighted by atomic mass is 16.5. The summed E-state index contributed by atoms with van der Waals surface area (Å²) in [6.07, 6.45) is 12.8. The summed E-state index contributed by atoms with van der Waals surface area (Å²) in [7, 11) is 0. The van der Waals surface area contributed by atoms with Crippen LogP contribution in [0.1, 0.15) is 64.1 Å². The lowest BCUT2D eigenvalue weighted by Crippen LogP contribution is -2.31. The number of rotatable bonds is 8. The first kappa shape index (κ1) is 13.6. The zero-order chi connectivity index (χ0) is 12.6. The highest BCUT2D eigenvalue weighted by Gasteiger charge is 2.26. The summed E-state index contributed by atoms with van der Waals surface area (Å²) >= 11 is 0. The van der Waals surface area contributed by atoms with Crippen molar-refractivity contribution in [2.45, 2.75) is 70.9 Å². The van der Waals surface area contributed by atoms with E-state index in [1.807, 2.05) is 6.07 Å². The molecule has 0 spiro atoms. The van der Waals surface area contributed by atoms with E-state index in [0.29, 0.717) is 6.04 Å². The Kier molecular flexibility index (Phi) is 5.72. The van der Waals surface area contributed by atoms with Gasteiger partial charge in [-0.15, -0.1) is 0 Å². The largest absolute Gasteiger partial charge is 0.360 e. The fourth-order valence-electron chi connectivity index (χ4n) is 3.05. The van der Waals surface area contributed by atoms with Gasteiger partial charge in [-0.25, -0.2) is 0 Å². The Morgan fingerprint density at radius 1 is 1.33 bits per heavy atom. The first-order valence-electron chi connectivity index (χ1n) is 7.53. The van der Waals surface area contributed by atoms with Crippen LogP contribution in [0.3, 0.4) is 0 Å². The Hall–Kier alpha value is -0.830. The van der Waals surface area contributed by atoms with Gasteiger partial charge in [0.15, 0.2) is 0 Å². The Balaban J connectivity index is 1.67.